The Morgan fingerprint density at radius 3 is 2.39 bits per heavy atom. The Morgan fingerprint density at radius 1 is 1.22 bits per heavy atom. The lowest BCUT2D eigenvalue weighted by atomic mass is 9.96. The third-order valence-electron chi connectivity index (χ3n) is 5.32. The molecule has 0 saturated carbocycles. The van der Waals surface area contributed by atoms with Crippen molar-refractivity contribution in [1.29, 1.82) is 0 Å². The molecule has 6 nitrogen and oxygen atoms in total. The average Bonchev–Trinajstić information content (AvgIpc) is 2.76. The number of benzene rings is 1. The quantitative estimate of drug-likeness (QED) is 0.924. The summed E-state index contributed by atoms with van der Waals surface area (Å²) in [6, 6.07) is 6.22. The zero-order valence-electron chi connectivity index (χ0n) is 14.0. The molecule has 23 heavy (non-hydrogen) atoms. The van der Waals surface area contributed by atoms with Gasteiger partial charge in [0.25, 0.3) is 0 Å². The number of ether oxygens (including phenoxy) is 2. The van der Waals surface area contributed by atoms with Crippen LogP contribution in [0.4, 0.5) is 10.5 Å². The largest absolute Gasteiger partial charge is 0.497 e. The van der Waals surface area contributed by atoms with Gasteiger partial charge in [0.1, 0.15) is 11.5 Å². The third kappa shape index (κ3) is 2.83. The fourth-order valence-electron chi connectivity index (χ4n) is 4.07. The van der Waals surface area contributed by atoms with Crippen LogP contribution in [0, 0.1) is 0 Å². The molecule has 2 N–H and O–H groups in total. The Kier molecular flexibility index (Phi) is 4.35. The van der Waals surface area contributed by atoms with Crippen molar-refractivity contribution in [3.8, 4) is 11.5 Å². The summed E-state index contributed by atoms with van der Waals surface area (Å²) in [5.74, 6) is 1.30. The van der Waals surface area contributed by atoms with Crippen LogP contribution in [0.3, 0.4) is 0 Å². The lowest BCUT2D eigenvalue weighted by Gasteiger charge is -2.41. The Bertz CT molecular complexity index is 578. The molecule has 2 amide bonds. The van der Waals surface area contributed by atoms with Crippen LogP contribution in [0.1, 0.15) is 25.7 Å². The number of hydrogen-bond donors (Lipinski definition) is 1. The number of nitrogens with two attached hydrogens (primary N) is 1. The highest BCUT2D eigenvalue weighted by atomic mass is 16.5. The second-order valence-electron chi connectivity index (χ2n) is 6.42. The SMILES string of the molecule is COc1ccc(N(C(N)=O)C2CC3CCC(C2)N3C)c(OC)c1. The van der Waals surface area contributed by atoms with Crippen molar-refractivity contribution in [2.24, 2.45) is 5.73 Å². The smallest absolute Gasteiger partial charge is 0.319 e. The molecule has 3 rings (SSSR count). The number of fused-ring (bicyclic) bond motifs is 2. The predicted molar refractivity (Wildman–Crippen MR) is 89.2 cm³/mol. The molecule has 2 saturated heterocycles. The molecule has 2 bridgehead atoms. The molecule has 0 radical (unpaired) electrons. The van der Waals surface area contributed by atoms with E-state index in [-0.39, 0.29) is 6.04 Å². The van der Waals surface area contributed by atoms with Crippen LogP contribution in [0.15, 0.2) is 18.2 Å². The first-order valence-electron chi connectivity index (χ1n) is 8.07. The number of hydrogen-bond acceptors (Lipinski definition) is 4. The predicted octanol–water partition coefficient (Wildman–Crippen LogP) is 2.21. The number of anilines is 1. The van der Waals surface area contributed by atoms with Crippen molar-refractivity contribution in [1.82, 2.24) is 4.90 Å². The van der Waals surface area contributed by atoms with Gasteiger partial charge < -0.3 is 20.1 Å². The number of nitrogens with zero attached hydrogens (tertiary/aromatic N) is 2. The van der Waals surface area contributed by atoms with Gasteiger partial charge in [-0.1, -0.05) is 0 Å². The van der Waals surface area contributed by atoms with Crippen molar-refractivity contribution in [3.05, 3.63) is 18.2 Å². The Hall–Kier alpha value is -1.95. The van der Waals surface area contributed by atoms with E-state index in [9.17, 15) is 4.79 Å². The van der Waals surface area contributed by atoms with Crippen LogP contribution in [0.5, 0.6) is 11.5 Å². The summed E-state index contributed by atoms with van der Waals surface area (Å²) in [6.45, 7) is 0. The van der Waals surface area contributed by atoms with Crippen molar-refractivity contribution in [3.63, 3.8) is 0 Å². The van der Waals surface area contributed by atoms with Crippen molar-refractivity contribution >= 4 is 11.7 Å². The number of piperidine rings is 1. The molecular formula is C17H25N3O3. The maximum Gasteiger partial charge on any atom is 0.319 e. The third-order valence-corrected chi connectivity index (χ3v) is 5.32. The first kappa shape index (κ1) is 15.9. The van der Waals surface area contributed by atoms with E-state index in [0.29, 0.717) is 23.6 Å². The van der Waals surface area contributed by atoms with E-state index in [1.165, 1.54) is 12.8 Å². The minimum absolute atomic E-state index is 0.114. The molecular weight excluding hydrogens is 294 g/mol. The van der Waals surface area contributed by atoms with Crippen molar-refractivity contribution < 1.29 is 14.3 Å². The molecule has 2 aliphatic heterocycles. The van der Waals surface area contributed by atoms with Gasteiger partial charge >= 0.3 is 6.03 Å². The standard InChI is InChI=1S/C17H25N3O3/c1-19-11-4-5-12(19)9-13(8-11)20(17(18)21)15-7-6-14(22-2)10-16(15)23-3/h6-7,10-13H,4-5,8-9H2,1-3H3,(H2,18,21). The van der Waals surface area contributed by atoms with Gasteiger partial charge in [0.15, 0.2) is 0 Å². The van der Waals surface area contributed by atoms with Crippen LogP contribution in [0.2, 0.25) is 0 Å². The van der Waals surface area contributed by atoms with Gasteiger partial charge in [0.05, 0.1) is 19.9 Å². The molecule has 2 unspecified atom stereocenters. The van der Waals surface area contributed by atoms with Crippen LogP contribution in [-0.2, 0) is 0 Å². The number of amides is 2. The van der Waals surface area contributed by atoms with E-state index in [1.54, 1.807) is 25.2 Å². The summed E-state index contributed by atoms with van der Waals surface area (Å²) >= 11 is 0. The second kappa shape index (κ2) is 6.28. The number of primary amides is 1. The fraction of sp³-hybridized carbons (Fsp3) is 0.588. The number of methoxy groups -OCH3 is 2. The summed E-state index contributed by atoms with van der Waals surface area (Å²) in [4.78, 5) is 16.3. The normalized spacial score (nSPS) is 26.8. The highest BCUT2D eigenvalue weighted by molar-refractivity contribution is 5.93. The molecule has 0 spiro atoms. The van der Waals surface area contributed by atoms with Crippen LogP contribution in [-0.4, -0.2) is 50.3 Å². The zero-order valence-corrected chi connectivity index (χ0v) is 14.0. The maximum atomic E-state index is 12.2. The van der Waals surface area contributed by atoms with E-state index in [0.717, 1.165) is 18.5 Å². The van der Waals surface area contributed by atoms with Gasteiger partial charge in [-0.25, -0.2) is 4.79 Å². The minimum atomic E-state index is -0.428. The fourth-order valence-corrected chi connectivity index (χ4v) is 4.07. The van der Waals surface area contributed by atoms with Gasteiger partial charge in [0, 0.05) is 24.2 Å². The molecule has 0 aliphatic carbocycles. The van der Waals surface area contributed by atoms with Gasteiger partial charge in [-0.15, -0.1) is 0 Å². The average molecular weight is 319 g/mol. The molecule has 2 atom stereocenters. The minimum Gasteiger partial charge on any atom is -0.497 e. The Balaban J connectivity index is 1.92. The van der Waals surface area contributed by atoms with Gasteiger partial charge in [0.2, 0.25) is 0 Å². The lowest BCUT2D eigenvalue weighted by molar-refractivity contribution is 0.159. The Morgan fingerprint density at radius 2 is 1.87 bits per heavy atom. The molecule has 126 valence electrons. The van der Waals surface area contributed by atoms with E-state index < -0.39 is 6.03 Å². The van der Waals surface area contributed by atoms with Gasteiger partial charge in [-0.3, -0.25) is 4.90 Å². The highest BCUT2D eigenvalue weighted by Gasteiger charge is 2.42. The maximum absolute atomic E-state index is 12.2. The summed E-state index contributed by atoms with van der Waals surface area (Å²) in [6.07, 6.45) is 4.30. The van der Waals surface area contributed by atoms with Crippen molar-refractivity contribution in [2.45, 2.75) is 43.8 Å². The summed E-state index contributed by atoms with van der Waals surface area (Å²) < 4.78 is 10.7. The molecule has 2 fully saturated rings. The van der Waals surface area contributed by atoms with E-state index in [2.05, 4.69) is 11.9 Å². The van der Waals surface area contributed by atoms with Crippen LogP contribution in [0.25, 0.3) is 0 Å². The molecule has 1 aromatic carbocycles. The second-order valence-corrected chi connectivity index (χ2v) is 6.42. The number of urea groups is 1. The molecule has 0 aromatic heterocycles. The van der Waals surface area contributed by atoms with E-state index in [4.69, 9.17) is 15.2 Å². The van der Waals surface area contributed by atoms with E-state index >= 15 is 0 Å². The van der Waals surface area contributed by atoms with Gasteiger partial charge in [-0.2, -0.15) is 0 Å². The Labute approximate surface area is 137 Å². The highest BCUT2D eigenvalue weighted by Crippen LogP contribution is 2.40. The zero-order chi connectivity index (χ0) is 16.6. The summed E-state index contributed by atoms with van der Waals surface area (Å²) in [5, 5.41) is 0. The van der Waals surface area contributed by atoms with Crippen LogP contribution < -0.4 is 20.1 Å². The summed E-state index contributed by atoms with van der Waals surface area (Å²) in [7, 11) is 5.38. The lowest BCUT2D eigenvalue weighted by Crippen LogP contribution is -2.52. The number of carbonyl (C=O) groups is 1. The van der Waals surface area contributed by atoms with Crippen molar-refractivity contribution in [2.75, 3.05) is 26.2 Å². The summed E-state index contributed by atoms with van der Waals surface area (Å²) in [5.41, 5.74) is 6.44. The molecule has 2 aliphatic rings. The number of carbonyl (C=O) groups excluding carboxylic acids is 1. The number of rotatable bonds is 4. The first-order valence-corrected chi connectivity index (χ1v) is 8.07. The van der Waals surface area contributed by atoms with Crippen LogP contribution >= 0.6 is 0 Å². The molecule has 1 aromatic rings. The first-order chi connectivity index (χ1) is 11.0. The van der Waals surface area contributed by atoms with Gasteiger partial charge in [-0.05, 0) is 44.9 Å². The van der Waals surface area contributed by atoms with E-state index in [1.807, 2.05) is 12.1 Å². The monoisotopic (exact) mass is 319 g/mol. The topological polar surface area (TPSA) is 68.0 Å². The molecule has 6 heteroatoms. The molecule has 2 heterocycles.